The summed E-state index contributed by atoms with van der Waals surface area (Å²) in [4.78, 5) is 23.8. The Morgan fingerprint density at radius 1 is 1.22 bits per heavy atom. The predicted molar refractivity (Wildman–Crippen MR) is 106 cm³/mol. The quantitative estimate of drug-likeness (QED) is 0.660. The molecule has 6 nitrogen and oxygen atoms in total. The van der Waals surface area contributed by atoms with Crippen molar-refractivity contribution in [3.8, 4) is 11.1 Å². The van der Waals surface area contributed by atoms with Crippen LogP contribution in [0.2, 0.25) is 0 Å². The molecule has 3 rings (SSSR count). The van der Waals surface area contributed by atoms with Crippen molar-refractivity contribution < 1.29 is 14.3 Å². The zero-order valence-electron chi connectivity index (χ0n) is 15.2. The topological polar surface area (TPSA) is 93.5 Å². The molecule has 4 N–H and O–H groups in total. The summed E-state index contributed by atoms with van der Waals surface area (Å²) in [5.74, 6) is -0.0872. The fourth-order valence-corrected chi connectivity index (χ4v) is 3.01. The summed E-state index contributed by atoms with van der Waals surface area (Å²) in [6.45, 7) is 0. The molecule has 2 aromatic carbocycles. The van der Waals surface area contributed by atoms with Crippen LogP contribution < -0.4 is 16.4 Å². The van der Waals surface area contributed by atoms with Gasteiger partial charge in [-0.1, -0.05) is 36.4 Å². The van der Waals surface area contributed by atoms with E-state index >= 15 is 0 Å². The molecule has 1 unspecified atom stereocenters. The molecule has 1 heterocycles. The molecule has 0 saturated carbocycles. The van der Waals surface area contributed by atoms with Gasteiger partial charge >= 0.3 is 6.09 Å². The molecule has 140 valence electrons. The lowest BCUT2D eigenvalue weighted by Gasteiger charge is -2.15. The van der Waals surface area contributed by atoms with Gasteiger partial charge in [-0.15, -0.1) is 0 Å². The van der Waals surface area contributed by atoms with Gasteiger partial charge in [0.1, 0.15) is 0 Å². The number of carbonyl (C=O) groups excluding carboxylic acids is 2. The fourth-order valence-electron chi connectivity index (χ4n) is 3.01. The molecule has 0 saturated heterocycles. The summed E-state index contributed by atoms with van der Waals surface area (Å²) in [7, 11) is 1.30. The van der Waals surface area contributed by atoms with Crippen molar-refractivity contribution in [3.05, 3.63) is 60.2 Å². The minimum atomic E-state index is -0.566. The Balaban J connectivity index is 2.05. The van der Waals surface area contributed by atoms with Crippen molar-refractivity contribution in [2.24, 2.45) is 5.73 Å². The average Bonchev–Trinajstić information content (AvgIpc) is 2.67. The van der Waals surface area contributed by atoms with Gasteiger partial charge in [-0.3, -0.25) is 10.1 Å². The predicted octanol–water partition coefficient (Wildman–Crippen LogP) is 4.21. The summed E-state index contributed by atoms with van der Waals surface area (Å²) in [5.41, 5.74) is 10.3. The number of hydrogen-bond acceptors (Lipinski definition) is 4. The molecule has 0 aliphatic carbocycles. The molecular weight excluding hydrogens is 342 g/mol. The number of allylic oxidation sites excluding steroid dienone is 1. The van der Waals surface area contributed by atoms with Gasteiger partial charge in [0, 0.05) is 23.7 Å². The zero-order chi connectivity index (χ0) is 19.2. The van der Waals surface area contributed by atoms with Crippen LogP contribution in [0, 0.1) is 0 Å². The van der Waals surface area contributed by atoms with E-state index in [1.165, 1.54) is 7.11 Å². The molecule has 27 heavy (non-hydrogen) atoms. The minimum Gasteiger partial charge on any atom is -0.453 e. The number of anilines is 2. The van der Waals surface area contributed by atoms with Gasteiger partial charge in [0.15, 0.2) is 0 Å². The highest BCUT2D eigenvalue weighted by Gasteiger charge is 2.13. The lowest BCUT2D eigenvalue weighted by Crippen LogP contribution is -2.14. The zero-order valence-corrected chi connectivity index (χ0v) is 15.2. The van der Waals surface area contributed by atoms with Gasteiger partial charge < -0.3 is 15.8 Å². The molecule has 0 fully saturated rings. The van der Waals surface area contributed by atoms with E-state index in [0.29, 0.717) is 24.2 Å². The van der Waals surface area contributed by atoms with E-state index in [1.54, 1.807) is 12.1 Å². The Labute approximate surface area is 158 Å². The van der Waals surface area contributed by atoms with Crippen molar-refractivity contribution in [1.29, 1.82) is 0 Å². The highest BCUT2D eigenvalue weighted by Crippen LogP contribution is 2.33. The Bertz CT molecular complexity index is 877. The van der Waals surface area contributed by atoms with E-state index in [9.17, 15) is 9.59 Å². The second-order valence-corrected chi connectivity index (χ2v) is 6.40. The minimum absolute atomic E-state index is 0.0872. The van der Waals surface area contributed by atoms with Gasteiger partial charge in [-0.25, -0.2) is 4.79 Å². The number of carbonyl (C=O) groups is 2. The second-order valence-electron chi connectivity index (χ2n) is 6.40. The number of methoxy groups -OCH3 is 1. The summed E-state index contributed by atoms with van der Waals surface area (Å²) in [6.07, 6.45) is 5.18. The summed E-state index contributed by atoms with van der Waals surface area (Å²) >= 11 is 0. The lowest BCUT2D eigenvalue weighted by molar-refractivity contribution is -0.116. The van der Waals surface area contributed by atoms with E-state index in [-0.39, 0.29) is 11.9 Å². The van der Waals surface area contributed by atoms with Crippen molar-refractivity contribution in [2.75, 3.05) is 17.7 Å². The smallest absolute Gasteiger partial charge is 0.411 e. The second kappa shape index (κ2) is 8.51. The first-order chi connectivity index (χ1) is 13.1. The Morgan fingerprint density at radius 3 is 2.89 bits per heavy atom. The third kappa shape index (κ3) is 4.74. The molecule has 0 radical (unpaired) electrons. The maximum Gasteiger partial charge on any atom is 0.411 e. The Hall–Kier alpha value is -3.12. The summed E-state index contributed by atoms with van der Waals surface area (Å²) < 4.78 is 4.63. The highest BCUT2D eigenvalue weighted by molar-refractivity contribution is 5.97. The number of amides is 2. The number of rotatable bonds is 1. The van der Waals surface area contributed by atoms with E-state index in [2.05, 4.69) is 15.4 Å². The average molecular weight is 365 g/mol. The lowest BCUT2D eigenvalue weighted by atomic mass is 9.97. The van der Waals surface area contributed by atoms with Gasteiger partial charge in [0.05, 0.1) is 12.8 Å². The van der Waals surface area contributed by atoms with E-state index in [1.807, 2.05) is 42.5 Å². The fraction of sp³-hybridized carbons (Fsp3) is 0.238. The van der Waals surface area contributed by atoms with Gasteiger partial charge in [0.2, 0.25) is 5.91 Å². The van der Waals surface area contributed by atoms with Gasteiger partial charge in [-0.2, -0.15) is 0 Å². The van der Waals surface area contributed by atoms with Crippen molar-refractivity contribution >= 4 is 23.4 Å². The standard InChI is InChI=1S/C21H23N3O3/c1-27-21(26)23-16-10-11-17-14-6-5-7-15(12-14)18(22)8-3-2-4-9-20(25)24-19(17)13-16/h2-3,5-7,10-13,18H,4,8-9,22H2,1H3,(H,23,26)(H,24,25)/b3-2-. The SMILES string of the molecule is COC(=O)Nc1ccc2c(c1)NC(=O)CC/C=C\CC(N)c1cccc-2c1. The third-order valence-corrected chi connectivity index (χ3v) is 4.45. The number of nitrogens with one attached hydrogen (secondary N) is 2. The van der Waals surface area contributed by atoms with Crippen LogP contribution in [0.15, 0.2) is 54.6 Å². The van der Waals surface area contributed by atoms with Crippen LogP contribution in [0.3, 0.4) is 0 Å². The van der Waals surface area contributed by atoms with Crippen molar-refractivity contribution in [1.82, 2.24) is 0 Å². The monoisotopic (exact) mass is 365 g/mol. The number of hydrogen-bond donors (Lipinski definition) is 3. The van der Waals surface area contributed by atoms with Gasteiger partial charge in [0.25, 0.3) is 0 Å². The van der Waals surface area contributed by atoms with Crippen molar-refractivity contribution in [3.63, 3.8) is 0 Å². The molecule has 2 bridgehead atoms. The van der Waals surface area contributed by atoms with Crippen LogP contribution >= 0.6 is 0 Å². The number of nitrogens with two attached hydrogens (primary N) is 1. The number of ether oxygens (including phenoxy) is 1. The van der Waals surface area contributed by atoms with Crippen LogP contribution in [0.25, 0.3) is 11.1 Å². The molecule has 1 aliphatic heterocycles. The maximum atomic E-state index is 12.3. The van der Waals surface area contributed by atoms with Crippen molar-refractivity contribution in [2.45, 2.75) is 25.3 Å². The Kier molecular flexibility index (Phi) is 5.88. The number of fused-ring (bicyclic) bond motifs is 4. The van der Waals surface area contributed by atoms with E-state index < -0.39 is 6.09 Å². The van der Waals surface area contributed by atoms with E-state index in [4.69, 9.17) is 5.73 Å². The van der Waals surface area contributed by atoms with Crippen LogP contribution in [0.1, 0.15) is 30.9 Å². The van der Waals surface area contributed by atoms with Crippen LogP contribution in [0.5, 0.6) is 0 Å². The molecule has 1 atom stereocenters. The molecule has 1 aliphatic rings. The first-order valence-corrected chi connectivity index (χ1v) is 8.86. The summed E-state index contributed by atoms with van der Waals surface area (Å²) in [5, 5.41) is 5.58. The van der Waals surface area contributed by atoms with Crippen LogP contribution in [-0.4, -0.2) is 19.1 Å². The van der Waals surface area contributed by atoms with E-state index in [0.717, 1.165) is 23.1 Å². The third-order valence-electron chi connectivity index (χ3n) is 4.45. The molecular formula is C21H23N3O3. The normalized spacial score (nSPS) is 18.0. The molecule has 2 amide bonds. The maximum absolute atomic E-state index is 12.3. The molecule has 0 spiro atoms. The van der Waals surface area contributed by atoms with Crippen LogP contribution in [-0.2, 0) is 9.53 Å². The molecule has 0 aromatic heterocycles. The molecule has 2 aromatic rings. The van der Waals surface area contributed by atoms with Crippen LogP contribution in [0.4, 0.5) is 16.2 Å². The Morgan fingerprint density at radius 2 is 2.07 bits per heavy atom. The highest BCUT2D eigenvalue weighted by atomic mass is 16.5. The largest absolute Gasteiger partial charge is 0.453 e. The van der Waals surface area contributed by atoms with Gasteiger partial charge in [-0.05, 0) is 42.2 Å². The molecule has 6 heteroatoms. The first-order valence-electron chi connectivity index (χ1n) is 8.86. The first kappa shape index (κ1) is 18.7. The number of benzene rings is 2. The summed E-state index contributed by atoms with van der Waals surface area (Å²) in [6, 6.07) is 13.2.